The largest absolute Gasteiger partial charge is 0.381 e. The molecule has 3 heteroatoms. The molecular formula is C12H24N2O. The topological polar surface area (TPSA) is 24.5 Å². The van der Waals surface area contributed by atoms with E-state index in [4.69, 9.17) is 4.74 Å². The summed E-state index contributed by atoms with van der Waals surface area (Å²) in [7, 11) is 0. The van der Waals surface area contributed by atoms with Gasteiger partial charge in [0.25, 0.3) is 0 Å². The summed E-state index contributed by atoms with van der Waals surface area (Å²) in [6.07, 6.45) is 3.78. The third-order valence-electron chi connectivity index (χ3n) is 3.50. The highest BCUT2D eigenvalue weighted by Gasteiger charge is 2.29. The van der Waals surface area contributed by atoms with E-state index >= 15 is 0 Å². The van der Waals surface area contributed by atoms with Crippen LogP contribution in [0.1, 0.15) is 33.1 Å². The van der Waals surface area contributed by atoms with Crippen molar-refractivity contribution in [1.82, 2.24) is 10.2 Å². The second kappa shape index (κ2) is 5.28. The summed E-state index contributed by atoms with van der Waals surface area (Å²) < 4.78 is 5.41. The van der Waals surface area contributed by atoms with Gasteiger partial charge < -0.3 is 10.1 Å². The molecule has 0 amide bonds. The molecule has 2 heterocycles. The number of hydrogen-bond acceptors (Lipinski definition) is 3. The first-order valence-corrected chi connectivity index (χ1v) is 6.33. The predicted octanol–water partition coefficient (Wildman–Crippen LogP) is 1.24. The lowest BCUT2D eigenvalue weighted by atomic mass is 10.1. The van der Waals surface area contributed by atoms with E-state index in [0.717, 1.165) is 19.3 Å². The molecule has 0 aliphatic carbocycles. The number of nitrogens with one attached hydrogen (secondary N) is 1. The van der Waals surface area contributed by atoms with Gasteiger partial charge in [-0.25, -0.2) is 0 Å². The van der Waals surface area contributed by atoms with Crippen molar-refractivity contribution in [2.75, 3.05) is 26.3 Å². The summed E-state index contributed by atoms with van der Waals surface area (Å²) in [5.41, 5.74) is 0. The summed E-state index contributed by atoms with van der Waals surface area (Å²) >= 11 is 0. The first-order chi connectivity index (χ1) is 7.25. The van der Waals surface area contributed by atoms with Crippen LogP contribution in [0.15, 0.2) is 0 Å². The fraction of sp³-hybridized carbons (Fsp3) is 1.00. The second-order valence-electron chi connectivity index (χ2n) is 5.15. The fourth-order valence-corrected chi connectivity index (χ4v) is 2.78. The van der Waals surface area contributed by atoms with E-state index < -0.39 is 0 Å². The molecule has 1 atom stereocenters. The van der Waals surface area contributed by atoms with E-state index in [9.17, 15) is 0 Å². The van der Waals surface area contributed by atoms with Gasteiger partial charge >= 0.3 is 0 Å². The van der Waals surface area contributed by atoms with E-state index in [0.29, 0.717) is 12.1 Å². The van der Waals surface area contributed by atoms with Crippen LogP contribution in [0, 0.1) is 0 Å². The van der Waals surface area contributed by atoms with Gasteiger partial charge in [0, 0.05) is 44.4 Å². The number of ether oxygens (including phenoxy) is 1. The van der Waals surface area contributed by atoms with Crippen LogP contribution in [0.2, 0.25) is 0 Å². The predicted molar refractivity (Wildman–Crippen MR) is 62.1 cm³/mol. The van der Waals surface area contributed by atoms with Gasteiger partial charge in [-0.2, -0.15) is 0 Å². The maximum Gasteiger partial charge on any atom is 0.0480 e. The van der Waals surface area contributed by atoms with E-state index in [1.165, 1.54) is 32.4 Å². The Hall–Kier alpha value is -0.120. The molecule has 0 radical (unpaired) electrons. The van der Waals surface area contributed by atoms with Crippen LogP contribution in [0.3, 0.4) is 0 Å². The summed E-state index contributed by atoms with van der Waals surface area (Å²) in [6.45, 7) is 8.90. The Morgan fingerprint density at radius 1 is 1.20 bits per heavy atom. The average Bonchev–Trinajstić information content (AvgIpc) is 2.67. The third-order valence-corrected chi connectivity index (χ3v) is 3.50. The van der Waals surface area contributed by atoms with Crippen LogP contribution in [0.5, 0.6) is 0 Å². The Bertz CT molecular complexity index is 190. The van der Waals surface area contributed by atoms with Gasteiger partial charge in [0.15, 0.2) is 0 Å². The molecule has 0 spiro atoms. The lowest BCUT2D eigenvalue weighted by Crippen LogP contribution is -2.41. The Morgan fingerprint density at radius 2 is 1.93 bits per heavy atom. The van der Waals surface area contributed by atoms with Crippen molar-refractivity contribution in [2.45, 2.75) is 51.2 Å². The molecule has 2 aliphatic rings. The van der Waals surface area contributed by atoms with Crippen LogP contribution in [-0.2, 0) is 4.74 Å². The van der Waals surface area contributed by atoms with Gasteiger partial charge in [0.05, 0.1) is 0 Å². The maximum absolute atomic E-state index is 5.41. The molecule has 3 nitrogen and oxygen atoms in total. The Balaban J connectivity index is 1.76. The normalized spacial score (nSPS) is 30.2. The van der Waals surface area contributed by atoms with Crippen molar-refractivity contribution >= 4 is 0 Å². The lowest BCUT2D eigenvalue weighted by Gasteiger charge is -2.31. The van der Waals surface area contributed by atoms with Crippen LogP contribution < -0.4 is 5.32 Å². The molecule has 2 rings (SSSR count). The summed E-state index contributed by atoms with van der Waals surface area (Å²) in [5.74, 6) is 0. The van der Waals surface area contributed by atoms with Crippen molar-refractivity contribution < 1.29 is 4.74 Å². The number of likely N-dealkylation sites (tertiary alicyclic amines) is 1. The fourth-order valence-electron chi connectivity index (χ4n) is 2.78. The smallest absolute Gasteiger partial charge is 0.0480 e. The first-order valence-electron chi connectivity index (χ1n) is 6.33. The monoisotopic (exact) mass is 212 g/mol. The molecule has 0 aromatic carbocycles. The highest BCUT2D eigenvalue weighted by atomic mass is 16.5. The summed E-state index contributed by atoms with van der Waals surface area (Å²) in [5, 5.41) is 3.64. The Labute approximate surface area is 93.2 Å². The Kier molecular flexibility index (Phi) is 4.00. The maximum atomic E-state index is 5.41. The van der Waals surface area contributed by atoms with Crippen LogP contribution in [0.25, 0.3) is 0 Å². The SMILES string of the molecule is CC(C)NC1CCN(C2CCOCC2)C1. The van der Waals surface area contributed by atoms with Crippen LogP contribution >= 0.6 is 0 Å². The van der Waals surface area contributed by atoms with Crippen molar-refractivity contribution in [3.63, 3.8) is 0 Å². The number of rotatable bonds is 3. The van der Waals surface area contributed by atoms with Crippen molar-refractivity contribution in [2.24, 2.45) is 0 Å². The van der Waals surface area contributed by atoms with E-state index in [2.05, 4.69) is 24.1 Å². The minimum atomic E-state index is 0.615. The molecule has 15 heavy (non-hydrogen) atoms. The van der Waals surface area contributed by atoms with E-state index in [-0.39, 0.29) is 0 Å². The summed E-state index contributed by atoms with van der Waals surface area (Å²) in [4.78, 5) is 2.66. The second-order valence-corrected chi connectivity index (χ2v) is 5.15. The number of nitrogens with zero attached hydrogens (tertiary/aromatic N) is 1. The molecule has 0 aromatic rings. The zero-order valence-electron chi connectivity index (χ0n) is 10.0. The van der Waals surface area contributed by atoms with Crippen LogP contribution in [-0.4, -0.2) is 49.3 Å². The molecule has 0 aromatic heterocycles. The minimum absolute atomic E-state index is 0.615. The van der Waals surface area contributed by atoms with Gasteiger partial charge in [0.2, 0.25) is 0 Å². The van der Waals surface area contributed by atoms with Crippen LogP contribution in [0.4, 0.5) is 0 Å². The highest BCUT2D eigenvalue weighted by molar-refractivity contribution is 4.86. The highest BCUT2D eigenvalue weighted by Crippen LogP contribution is 2.20. The molecule has 88 valence electrons. The molecular weight excluding hydrogens is 188 g/mol. The zero-order valence-corrected chi connectivity index (χ0v) is 10.0. The van der Waals surface area contributed by atoms with E-state index in [1.807, 2.05) is 0 Å². The molecule has 1 unspecified atom stereocenters. The average molecular weight is 212 g/mol. The van der Waals surface area contributed by atoms with Crippen molar-refractivity contribution in [3.05, 3.63) is 0 Å². The third kappa shape index (κ3) is 3.16. The zero-order chi connectivity index (χ0) is 10.7. The van der Waals surface area contributed by atoms with Crippen molar-refractivity contribution in [1.29, 1.82) is 0 Å². The first kappa shape index (κ1) is 11.4. The lowest BCUT2D eigenvalue weighted by molar-refractivity contribution is 0.0416. The van der Waals surface area contributed by atoms with E-state index in [1.54, 1.807) is 0 Å². The molecule has 1 N–H and O–H groups in total. The Morgan fingerprint density at radius 3 is 2.60 bits per heavy atom. The van der Waals surface area contributed by atoms with Gasteiger partial charge in [-0.3, -0.25) is 4.90 Å². The standard InChI is InChI=1S/C12H24N2O/c1-10(2)13-11-3-6-14(9-11)12-4-7-15-8-5-12/h10-13H,3-9H2,1-2H3. The molecule has 0 saturated carbocycles. The van der Waals surface area contributed by atoms with Gasteiger partial charge in [-0.15, -0.1) is 0 Å². The molecule has 2 saturated heterocycles. The molecule has 2 fully saturated rings. The number of hydrogen-bond donors (Lipinski definition) is 1. The van der Waals surface area contributed by atoms with Gasteiger partial charge in [-0.1, -0.05) is 13.8 Å². The van der Waals surface area contributed by atoms with Gasteiger partial charge in [0.1, 0.15) is 0 Å². The molecule has 2 aliphatic heterocycles. The quantitative estimate of drug-likeness (QED) is 0.762. The minimum Gasteiger partial charge on any atom is -0.381 e. The van der Waals surface area contributed by atoms with Crippen molar-refractivity contribution in [3.8, 4) is 0 Å². The van der Waals surface area contributed by atoms with Gasteiger partial charge in [-0.05, 0) is 19.3 Å². The summed E-state index contributed by atoms with van der Waals surface area (Å²) in [6, 6.07) is 2.12. The molecule has 0 bridgehead atoms.